The van der Waals surface area contributed by atoms with Gasteiger partial charge in [-0.05, 0) is 61.6 Å². The third-order valence-electron chi connectivity index (χ3n) is 5.71. The number of halogens is 3. The molecule has 156 valence electrons. The zero-order chi connectivity index (χ0) is 21.6. The summed E-state index contributed by atoms with van der Waals surface area (Å²) < 4.78 is 39.6. The molecule has 0 unspecified atom stereocenters. The van der Waals surface area contributed by atoms with Gasteiger partial charge in [0.1, 0.15) is 5.70 Å². The van der Waals surface area contributed by atoms with Crippen LogP contribution in [-0.2, 0) is 15.8 Å². The van der Waals surface area contributed by atoms with Crippen LogP contribution in [0, 0.1) is 13.8 Å². The molecule has 0 radical (unpaired) electrons. The van der Waals surface area contributed by atoms with Gasteiger partial charge >= 0.3 is 6.18 Å². The number of benzene rings is 2. The molecular formula is C23H21F3N2O2. The molecule has 0 saturated carbocycles. The lowest BCUT2D eigenvalue weighted by atomic mass is 9.99. The Labute approximate surface area is 172 Å². The molecule has 2 aliphatic rings. The zero-order valence-corrected chi connectivity index (χ0v) is 16.7. The summed E-state index contributed by atoms with van der Waals surface area (Å²) in [4.78, 5) is 29.4. The van der Waals surface area contributed by atoms with Crippen LogP contribution in [0.25, 0.3) is 5.57 Å². The average Bonchev–Trinajstić information content (AvgIpc) is 3.29. The van der Waals surface area contributed by atoms with Gasteiger partial charge in [0.2, 0.25) is 0 Å². The molecule has 2 amide bonds. The molecule has 0 aromatic heterocycles. The van der Waals surface area contributed by atoms with Crippen molar-refractivity contribution in [2.45, 2.75) is 32.9 Å². The lowest BCUT2D eigenvalue weighted by Crippen LogP contribution is -2.34. The van der Waals surface area contributed by atoms with Gasteiger partial charge in [-0.25, -0.2) is 4.90 Å². The van der Waals surface area contributed by atoms with Crippen molar-refractivity contribution in [3.8, 4) is 0 Å². The predicted octanol–water partition coefficient (Wildman–Crippen LogP) is 4.70. The highest BCUT2D eigenvalue weighted by molar-refractivity contribution is 6.45. The first-order chi connectivity index (χ1) is 14.2. The van der Waals surface area contributed by atoms with Crippen molar-refractivity contribution in [3.05, 3.63) is 70.4 Å². The summed E-state index contributed by atoms with van der Waals surface area (Å²) in [7, 11) is 0. The number of nitrogens with zero attached hydrogens (tertiary/aromatic N) is 2. The molecule has 0 bridgehead atoms. The third kappa shape index (κ3) is 3.38. The summed E-state index contributed by atoms with van der Waals surface area (Å²) in [5.41, 5.74) is 2.18. The molecule has 4 rings (SSSR count). The van der Waals surface area contributed by atoms with Crippen LogP contribution in [0.2, 0.25) is 0 Å². The average molecular weight is 414 g/mol. The van der Waals surface area contributed by atoms with Crippen molar-refractivity contribution in [2.75, 3.05) is 18.0 Å². The van der Waals surface area contributed by atoms with Crippen LogP contribution in [0.3, 0.4) is 0 Å². The topological polar surface area (TPSA) is 40.6 Å². The van der Waals surface area contributed by atoms with Gasteiger partial charge in [-0.2, -0.15) is 13.2 Å². The Hall–Kier alpha value is -3.09. The Balaban J connectivity index is 1.84. The fourth-order valence-electron chi connectivity index (χ4n) is 3.97. The Kier molecular flexibility index (Phi) is 4.92. The minimum atomic E-state index is -4.57. The number of alkyl halides is 3. The molecule has 7 heteroatoms. The number of imide groups is 1. The van der Waals surface area contributed by atoms with Gasteiger partial charge in [0.05, 0.1) is 16.8 Å². The molecule has 0 aliphatic carbocycles. The number of anilines is 1. The van der Waals surface area contributed by atoms with E-state index in [4.69, 9.17) is 0 Å². The predicted molar refractivity (Wildman–Crippen MR) is 108 cm³/mol. The van der Waals surface area contributed by atoms with Crippen LogP contribution in [0.5, 0.6) is 0 Å². The SMILES string of the molecule is Cc1ccc(C2=C(N3CCCC3)C(=O)N(c3cccc(C(F)(F)F)c3)C2=O)cc1C. The van der Waals surface area contributed by atoms with Crippen LogP contribution in [0.15, 0.2) is 48.2 Å². The van der Waals surface area contributed by atoms with Crippen molar-refractivity contribution in [3.63, 3.8) is 0 Å². The second-order valence-corrected chi connectivity index (χ2v) is 7.71. The molecular weight excluding hydrogens is 393 g/mol. The highest BCUT2D eigenvalue weighted by Gasteiger charge is 2.43. The Morgan fingerprint density at radius 3 is 2.20 bits per heavy atom. The Morgan fingerprint density at radius 2 is 1.57 bits per heavy atom. The number of carbonyl (C=O) groups excluding carboxylic acids is 2. The van der Waals surface area contributed by atoms with Crippen LogP contribution < -0.4 is 4.90 Å². The highest BCUT2D eigenvalue weighted by atomic mass is 19.4. The Morgan fingerprint density at radius 1 is 0.867 bits per heavy atom. The van der Waals surface area contributed by atoms with Crippen molar-refractivity contribution in [1.82, 2.24) is 4.90 Å². The van der Waals surface area contributed by atoms with E-state index in [1.807, 2.05) is 30.9 Å². The molecule has 1 saturated heterocycles. The van der Waals surface area contributed by atoms with Gasteiger partial charge in [0.15, 0.2) is 0 Å². The van der Waals surface area contributed by atoms with Gasteiger partial charge in [-0.15, -0.1) is 0 Å². The minimum Gasteiger partial charge on any atom is -0.366 e. The molecule has 0 N–H and O–H groups in total. The molecule has 0 atom stereocenters. The minimum absolute atomic E-state index is 0.0737. The molecule has 2 heterocycles. The van der Waals surface area contributed by atoms with E-state index < -0.39 is 23.6 Å². The van der Waals surface area contributed by atoms with E-state index in [-0.39, 0.29) is 17.0 Å². The van der Waals surface area contributed by atoms with E-state index in [0.717, 1.165) is 41.0 Å². The summed E-state index contributed by atoms with van der Waals surface area (Å²) in [6.07, 6.45) is -2.77. The summed E-state index contributed by atoms with van der Waals surface area (Å²) in [6, 6.07) is 9.85. The lowest BCUT2D eigenvalue weighted by Gasteiger charge is -2.20. The van der Waals surface area contributed by atoms with Crippen molar-refractivity contribution >= 4 is 23.1 Å². The monoisotopic (exact) mass is 414 g/mol. The number of aryl methyl sites for hydroxylation is 2. The van der Waals surface area contributed by atoms with Crippen LogP contribution in [0.4, 0.5) is 18.9 Å². The number of likely N-dealkylation sites (tertiary alicyclic amines) is 1. The van der Waals surface area contributed by atoms with Gasteiger partial charge in [0.25, 0.3) is 11.8 Å². The first kappa shape index (κ1) is 20.2. The number of carbonyl (C=O) groups is 2. The maximum atomic E-state index is 13.4. The second kappa shape index (κ2) is 7.31. The van der Waals surface area contributed by atoms with E-state index in [2.05, 4.69) is 0 Å². The third-order valence-corrected chi connectivity index (χ3v) is 5.71. The molecule has 2 aromatic carbocycles. The lowest BCUT2D eigenvalue weighted by molar-refractivity contribution is -0.137. The molecule has 2 aliphatic heterocycles. The normalized spacial score (nSPS) is 17.5. The smallest absolute Gasteiger partial charge is 0.366 e. The fourth-order valence-corrected chi connectivity index (χ4v) is 3.97. The van der Waals surface area contributed by atoms with Crippen molar-refractivity contribution in [2.24, 2.45) is 0 Å². The Bertz CT molecular complexity index is 1070. The van der Waals surface area contributed by atoms with E-state index >= 15 is 0 Å². The molecule has 1 fully saturated rings. The number of hydrogen-bond acceptors (Lipinski definition) is 3. The molecule has 0 spiro atoms. The van der Waals surface area contributed by atoms with Gasteiger partial charge < -0.3 is 4.90 Å². The molecule has 30 heavy (non-hydrogen) atoms. The van der Waals surface area contributed by atoms with Crippen LogP contribution in [0.1, 0.15) is 35.1 Å². The molecule has 4 nitrogen and oxygen atoms in total. The summed E-state index contributed by atoms with van der Waals surface area (Å²) in [5.74, 6) is -1.17. The largest absolute Gasteiger partial charge is 0.416 e. The molecule has 2 aromatic rings. The maximum absolute atomic E-state index is 13.4. The quantitative estimate of drug-likeness (QED) is 0.684. The van der Waals surface area contributed by atoms with E-state index in [1.54, 1.807) is 6.07 Å². The second-order valence-electron chi connectivity index (χ2n) is 7.71. The van der Waals surface area contributed by atoms with Crippen molar-refractivity contribution in [1.29, 1.82) is 0 Å². The van der Waals surface area contributed by atoms with E-state index in [0.29, 0.717) is 18.7 Å². The fraction of sp³-hybridized carbons (Fsp3) is 0.304. The number of hydrogen-bond donors (Lipinski definition) is 0. The van der Waals surface area contributed by atoms with E-state index in [9.17, 15) is 22.8 Å². The van der Waals surface area contributed by atoms with Crippen LogP contribution >= 0.6 is 0 Å². The van der Waals surface area contributed by atoms with Crippen molar-refractivity contribution < 1.29 is 22.8 Å². The van der Waals surface area contributed by atoms with Gasteiger partial charge in [-0.1, -0.05) is 24.3 Å². The summed E-state index contributed by atoms with van der Waals surface area (Å²) in [5, 5.41) is 0. The summed E-state index contributed by atoms with van der Waals surface area (Å²) in [6.45, 7) is 5.14. The zero-order valence-electron chi connectivity index (χ0n) is 16.7. The standard InChI is InChI=1S/C23H21F3N2O2/c1-14-8-9-16(12-15(14)2)19-20(27-10-3-4-11-27)22(30)28(21(19)29)18-7-5-6-17(13-18)23(24,25)26/h5-9,12-13H,3-4,10-11H2,1-2H3. The highest BCUT2D eigenvalue weighted by Crippen LogP contribution is 2.38. The van der Waals surface area contributed by atoms with Gasteiger partial charge in [0, 0.05) is 13.1 Å². The first-order valence-electron chi connectivity index (χ1n) is 9.81. The number of amides is 2. The number of rotatable bonds is 3. The first-order valence-corrected chi connectivity index (χ1v) is 9.81. The van der Waals surface area contributed by atoms with Gasteiger partial charge in [-0.3, -0.25) is 9.59 Å². The van der Waals surface area contributed by atoms with E-state index in [1.165, 1.54) is 12.1 Å². The maximum Gasteiger partial charge on any atom is 0.416 e. The van der Waals surface area contributed by atoms with Crippen LogP contribution in [-0.4, -0.2) is 29.8 Å². The summed E-state index contributed by atoms with van der Waals surface area (Å²) >= 11 is 0.